The zero-order valence-electron chi connectivity index (χ0n) is 22.7. The Kier molecular flexibility index (Phi) is 6.81. The SMILES string of the molecule is C[C@H](CCC(Cl)Oc1ccc2ccccc2n1)[C@H]1CC[C@H]2[C@@H]3CCC4CCCC[C@]4(C)[C@H]3CC[C@]12C. The van der Waals surface area contributed by atoms with Crippen molar-refractivity contribution in [3.05, 3.63) is 36.4 Å². The van der Waals surface area contributed by atoms with Gasteiger partial charge in [-0.25, -0.2) is 4.98 Å². The topological polar surface area (TPSA) is 22.1 Å². The second-order valence-electron chi connectivity index (χ2n) is 13.6. The summed E-state index contributed by atoms with van der Waals surface area (Å²) in [6.07, 6.45) is 16.9. The van der Waals surface area contributed by atoms with Crippen molar-refractivity contribution >= 4 is 22.5 Å². The molecule has 9 atom stereocenters. The summed E-state index contributed by atoms with van der Waals surface area (Å²) in [5.74, 6) is 6.14. The van der Waals surface area contributed by atoms with Gasteiger partial charge >= 0.3 is 0 Å². The second kappa shape index (κ2) is 9.79. The normalized spacial score (nSPS) is 39.6. The van der Waals surface area contributed by atoms with Crippen LogP contribution in [0, 0.1) is 46.3 Å². The van der Waals surface area contributed by atoms with Gasteiger partial charge in [-0.2, -0.15) is 0 Å². The number of nitrogens with zero attached hydrogens (tertiary/aromatic N) is 1. The molecule has 0 spiro atoms. The molecule has 0 bridgehead atoms. The third-order valence-corrected chi connectivity index (χ3v) is 12.3. The largest absolute Gasteiger partial charge is 0.458 e. The predicted octanol–water partition coefficient (Wildman–Crippen LogP) is 9.64. The molecule has 196 valence electrons. The molecule has 2 aromatic rings. The lowest BCUT2D eigenvalue weighted by Crippen LogP contribution is -2.53. The maximum absolute atomic E-state index is 6.70. The summed E-state index contributed by atoms with van der Waals surface area (Å²) in [6.45, 7) is 7.89. The van der Waals surface area contributed by atoms with Crippen LogP contribution in [-0.2, 0) is 0 Å². The summed E-state index contributed by atoms with van der Waals surface area (Å²) in [5.41, 5.74) is 1.82. The van der Waals surface area contributed by atoms with E-state index in [9.17, 15) is 0 Å². The highest BCUT2D eigenvalue weighted by Gasteiger charge is 2.60. The number of para-hydroxylation sites is 1. The van der Waals surface area contributed by atoms with Gasteiger partial charge in [-0.15, -0.1) is 0 Å². The number of alkyl halides is 1. The fraction of sp³-hybridized carbons (Fsp3) is 0.727. The smallest absolute Gasteiger partial charge is 0.215 e. The van der Waals surface area contributed by atoms with Gasteiger partial charge in [0.05, 0.1) is 5.52 Å². The lowest BCUT2D eigenvalue weighted by Gasteiger charge is -2.61. The van der Waals surface area contributed by atoms with Gasteiger partial charge in [-0.1, -0.05) is 63.4 Å². The van der Waals surface area contributed by atoms with Gasteiger partial charge in [-0.05, 0) is 123 Å². The molecule has 0 aliphatic heterocycles. The molecule has 0 amide bonds. The maximum atomic E-state index is 6.70. The molecule has 4 saturated carbocycles. The van der Waals surface area contributed by atoms with Crippen molar-refractivity contribution < 1.29 is 4.74 Å². The molecular weight excluding hydrogens is 462 g/mol. The van der Waals surface area contributed by atoms with E-state index in [1.54, 1.807) is 0 Å². The summed E-state index contributed by atoms with van der Waals surface area (Å²) in [5, 5.41) is 1.13. The van der Waals surface area contributed by atoms with Crippen molar-refractivity contribution in [2.24, 2.45) is 46.3 Å². The van der Waals surface area contributed by atoms with Crippen LogP contribution in [0.3, 0.4) is 0 Å². The Morgan fingerprint density at radius 2 is 1.72 bits per heavy atom. The fourth-order valence-corrected chi connectivity index (χ4v) is 10.4. The summed E-state index contributed by atoms with van der Waals surface area (Å²) in [4.78, 5) is 4.65. The molecule has 6 rings (SSSR count). The molecule has 3 heteroatoms. The molecular formula is C33H46ClNO. The van der Waals surface area contributed by atoms with Gasteiger partial charge in [0.1, 0.15) is 0 Å². The van der Waals surface area contributed by atoms with Gasteiger partial charge < -0.3 is 4.74 Å². The molecule has 1 aromatic heterocycles. The zero-order valence-corrected chi connectivity index (χ0v) is 23.5. The van der Waals surface area contributed by atoms with Crippen molar-refractivity contribution in [3.8, 4) is 5.88 Å². The molecule has 1 heterocycles. The molecule has 4 fully saturated rings. The van der Waals surface area contributed by atoms with Crippen LogP contribution in [0.15, 0.2) is 36.4 Å². The van der Waals surface area contributed by atoms with E-state index in [-0.39, 0.29) is 5.56 Å². The van der Waals surface area contributed by atoms with Crippen LogP contribution in [0.4, 0.5) is 0 Å². The Hall–Kier alpha value is -1.28. The minimum atomic E-state index is -0.316. The fourth-order valence-electron chi connectivity index (χ4n) is 10.2. The quantitative estimate of drug-likeness (QED) is 0.363. The molecule has 4 aliphatic rings. The van der Waals surface area contributed by atoms with Crippen molar-refractivity contribution in [1.29, 1.82) is 0 Å². The van der Waals surface area contributed by atoms with Crippen molar-refractivity contribution in [2.75, 3.05) is 0 Å². The van der Waals surface area contributed by atoms with Crippen LogP contribution in [0.25, 0.3) is 10.9 Å². The Morgan fingerprint density at radius 3 is 2.61 bits per heavy atom. The monoisotopic (exact) mass is 507 g/mol. The second-order valence-corrected chi connectivity index (χ2v) is 14.0. The van der Waals surface area contributed by atoms with Crippen molar-refractivity contribution in [3.63, 3.8) is 0 Å². The highest BCUT2D eigenvalue weighted by atomic mass is 35.5. The molecule has 2 nitrogen and oxygen atoms in total. The first-order valence-corrected chi connectivity index (χ1v) is 15.5. The van der Waals surface area contributed by atoms with Crippen LogP contribution < -0.4 is 4.74 Å². The maximum Gasteiger partial charge on any atom is 0.215 e. The van der Waals surface area contributed by atoms with E-state index in [1.807, 2.05) is 24.3 Å². The lowest BCUT2D eigenvalue weighted by molar-refractivity contribution is -0.114. The van der Waals surface area contributed by atoms with E-state index >= 15 is 0 Å². The van der Waals surface area contributed by atoms with Gasteiger partial charge in [0.25, 0.3) is 0 Å². The minimum absolute atomic E-state index is 0.316. The van der Waals surface area contributed by atoms with Crippen LogP contribution in [0.1, 0.15) is 97.8 Å². The van der Waals surface area contributed by atoms with E-state index in [0.29, 0.717) is 22.6 Å². The number of ether oxygens (including phenoxy) is 1. The summed E-state index contributed by atoms with van der Waals surface area (Å²) < 4.78 is 6.05. The van der Waals surface area contributed by atoms with E-state index < -0.39 is 0 Å². The average Bonchev–Trinajstić information content (AvgIpc) is 3.24. The highest BCUT2D eigenvalue weighted by molar-refractivity contribution is 6.19. The number of benzene rings is 1. The number of hydrogen-bond donors (Lipinski definition) is 0. The van der Waals surface area contributed by atoms with E-state index in [0.717, 1.165) is 53.3 Å². The summed E-state index contributed by atoms with van der Waals surface area (Å²) in [7, 11) is 0. The summed E-state index contributed by atoms with van der Waals surface area (Å²) in [6, 6.07) is 12.2. The Balaban J connectivity index is 1.08. The number of pyridine rings is 1. The van der Waals surface area contributed by atoms with Crippen LogP contribution >= 0.6 is 11.6 Å². The Labute approximate surface area is 223 Å². The molecule has 0 saturated heterocycles. The summed E-state index contributed by atoms with van der Waals surface area (Å²) >= 11 is 6.70. The lowest BCUT2D eigenvalue weighted by atomic mass is 9.44. The van der Waals surface area contributed by atoms with Gasteiger partial charge in [0.15, 0.2) is 5.56 Å². The van der Waals surface area contributed by atoms with Crippen LogP contribution in [0.5, 0.6) is 5.88 Å². The number of halogens is 1. The molecule has 4 aliphatic carbocycles. The molecule has 2 unspecified atom stereocenters. The van der Waals surface area contributed by atoms with Crippen molar-refractivity contribution in [2.45, 2.75) is 103 Å². The first-order chi connectivity index (χ1) is 17.4. The van der Waals surface area contributed by atoms with E-state index in [2.05, 4.69) is 37.9 Å². The number of fused-ring (bicyclic) bond motifs is 6. The van der Waals surface area contributed by atoms with Crippen molar-refractivity contribution in [1.82, 2.24) is 4.98 Å². The first kappa shape index (κ1) is 25.0. The van der Waals surface area contributed by atoms with Gasteiger partial charge in [0.2, 0.25) is 5.88 Å². The predicted molar refractivity (Wildman–Crippen MR) is 150 cm³/mol. The average molecular weight is 508 g/mol. The van der Waals surface area contributed by atoms with E-state index in [1.165, 1.54) is 64.2 Å². The number of hydrogen-bond acceptors (Lipinski definition) is 2. The van der Waals surface area contributed by atoms with Gasteiger partial charge in [-0.3, -0.25) is 0 Å². The number of rotatable bonds is 6. The Bertz CT molecular complexity index is 1070. The molecule has 0 N–H and O–H groups in total. The standard InChI is InChI=1S/C33H46ClNO/c1-22(11-17-30(34)36-31-18-12-23-8-4-5-10-29(23)35-31)26-15-16-27-25-14-13-24-9-6-7-20-32(24,2)28(25)19-21-33(26,27)3/h4-5,8,10,12,18,22,24-28,30H,6-7,9,11,13-17,19-21H2,1-3H3/t22-,24?,25+,26-,27+,28+,30?,32+,33-/m1/s1. The minimum Gasteiger partial charge on any atom is -0.458 e. The number of aromatic nitrogens is 1. The third kappa shape index (κ3) is 4.28. The van der Waals surface area contributed by atoms with Gasteiger partial charge in [0, 0.05) is 11.5 Å². The highest BCUT2D eigenvalue weighted by Crippen LogP contribution is 2.68. The van der Waals surface area contributed by atoms with E-state index in [4.69, 9.17) is 16.3 Å². The Morgan fingerprint density at radius 1 is 0.889 bits per heavy atom. The molecule has 36 heavy (non-hydrogen) atoms. The zero-order chi connectivity index (χ0) is 24.9. The van der Waals surface area contributed by atoms with Crippen LogP contribution in [-0.4, -0.2) is 10.5 Å². The van der Waals surface area contributed by atoms with Crippen LogP contribution in [0.2, 0.25) is 0 Å². The first-order valence-electron chi connectivity index (χ1n) is 15.0. The molecule has 0 radical (unpaired) electrons. The molecule has 1 aromatic carbocycles. The third-order valence-electron chi connectivity index (χ3n) is 12.0.